The Bertz CT molecular complexity index is 878. The average molecular weight is 421 g/mol. The normalized spacial score (nSPS) is 46.3. The van der Waals surface area contributed by atoms with Gasteiger partial charge < -0.3 is 9.84 Å². The summed E-state index contributed by atoms with van der Waals surface area (Å²) in [6, 6.07) is 8.33. The van der Waals surface area contributed by atoms with Crippen molar-refractivity contribution in [1.82, 2.24) is 0 Å². The molecule has 0 spiro atoms. The highest BCUT2D eigenvalue weighted by Crippen LogP contribution is 2.67. The van der Waals surface area contributed by atoms with E-state index in [1.54, 1.807) is 0 Å². The third kappa shape index (κ3) is 3.48. The Morgan fingerprint density at radius 2 is 1.65 bits per heavy atom. The van der Waals surface area contributed by atoms with E-state index in [9.17, 15) is 5.11 Å². The molecule has 31 heavy (non-hydrogen) atoms. The molecule has 4 fully saturated rings. The summed E-state index contributed by atoms with van der Waals surface area (Å²) in [6.45, 7) is 7.18. The predicted octanol–water partition coefficient (Wildman–Crippen LogP) is 6.14. The van der Waals surface area contributed by atoms with Gasteiger partial charge in [0.1, 0.15) is 5.60 Å². The highest BCUT2D eigenvalue weighted by atomic mass is 16.5. The Balaban J connectivity index is 1.34. The molecule has 0 radical (unpaired) electrons. The molecule has 1 aromatic carbocycles. The second kappa shape index (κ2) is 7.64. The summed E-state index contributed by atoms with van der Waals surface area (Å²) in [6.07, 6.45) is 11.1. The SMILES string of the molecule is COC1CC[C@H]2[C@@H]3CCC4CC(O)(C#Cc5ccc(C)cc5)CC[C@]4(C)[C@@H]3CC[C@]12C. The van der Waals surface area contributed by atoms with Crippen LogP contribution in [-0.2, 0) is 4.74 Å². The van der Waals surface area contributed by atoms with Crippen LogP contribution in [0.15, 0.2) is 24.3 Å². The topological polar surface area (TPSA) is 29.5 Å². The van der Waals surface area contributed by atoms with Crippen molar-refractivity contribution in [2.75, 3.05) is 7.11 Å². The molecule has 1 aromatic rings. The van der Waals surface area contributed by atoms with E-state index in [-0.39, 0.29) is 0 Å². The van der Waals surface area contributed by atoms with Gasteiger partial charge in [-0.2, -0.15) is 0 Å². The van der Waals surface area contributed by atoms with Crippen molar-refractivity contribution in [1.29, 1.82) is 0 Å². The minimum atomic E-state index is -0.820. The molecule has 4 aliphatic carbocycles. The Morgan fingerprint density at radius 3 is 2.39 bits per heavy atom. The summed E-state index contributed by atoms with van der Waals surface area (Å²) in [5.74, 6) is 9.68. The van der Waals surface area contributed by atoms with Crippen molar-refractivity contribution < 1.29 is 9.84 Å². The molecular formula is C29H40O2. The summed E-state index contributed by atoms with van der Waals surface area (Å²) in [4.78, 5) is 0. The van der Waals surface area contributed by atoms with Crippen molar-refractivity contribution in [2.45, 2.75) is 90.3 Å². The number of methoxy groups -OCH3 is 1. The number of aryl methyl sites for hydroxylation is 1. The van der Waals surface area contributed by atoms with E-state index in [1.807, 2.05) is 7.11 Å². The van der Waals surface area contributed by atoms with Crippen molar-refractivity contribution in [3.63, 3.8) is 0 Å². The monoisotopic (exact) mass is 420 g/mol. The summed E-state index contributed by atoms with van der Waals surface area (Å²) in [5, 5.41) is 11.4. The first-order chi connectivity index (χ1) is 14.8. The first kappa shape index (κ1) is 21.5. The maximum absolute atomic E-state index is 11.4. The smallest absolute Gasteiger partial charge is 0.126 e. The lowest BCUT2D eigenvalue weighted by molar-refractivity contribution is -0.146. The summed E-state index contributed by atoms with van der Waals surface area (Å²) in [5.41, 5.74) is 2.19. The van der Waals surface area contributed by atoms with Crippen LogP contribution in [0.5, 0.6) is 0 Å². The van der Waals surface area contributed by atoms with Crippen molar-refractivity contribution >= 4 is 0 Å². The number of hydrogen-bond donors (Lipinski definition) is 1. The van der Waals surface area contributed by atoms with Gasteiger partial charge in [-0.1, -0.05) is 43.4 Å². The fraction of sp³-hybridized carbons (Fsp3) is 0.724. The lowest BCUT2D eigenvalue weighted by Crippen LogP contribution is -2.56. The number of hydrogen-bond acceptors (Lipinski definition) is 2. The third-order valence-electron chi connectivity index (χ3n) is 10.4. The largest absolute Gasteiger partial charge is 0.381 e. The van der Waals surface area contributed by atoms with Crippen LogP contribution in [0, 0.1) is 53.3 Å². The Hall–Kier alpha value is -1.30. The van der Waals surface area contributed by atoms with Crippen molar-refractivity contribution in [3.05, 3.63) is 35.4 Å². The first-order valence-electron chi connectivity index (χ1n) is 12.6. The van der Waals surface area contributed by atoms with Gasteiger partial charge in [-0.15, -0.1) is 0 Å². The number of rotatable bonds is 1. The summed E-state index contributed by atoms with van der Waals surface area (Å²) in [7, 11) is 1.92. The molecule has 5 rings (SSSR count). The highest BCUT2D eigenvalue weighted by Gasteiger charge is 2.61. The van der Waals surface area contributed by atoms with Crippen LogP contribution >= 0.6 is 0 Å². The fourth-order valence-electron chi connectivity index (χ4n) is 8.52. The second-order valence-electron chi connectivity index (χ2n) is 11.9. The predicted molar refractivity (Wildman–Crippen MR) is 126 cm³/mol. The van der Waals surface area contributed by atoms with E-state index in [4.69, 9.17) is 4.74 Å². The lowest BCUT2D eigenvalue weighted by atomic mass is 9.44. The van der Waals surface area contributed by atoms with E-state index >= 15 is 0 Å². The third-order valence-corrected chi connectivity index (χ3v) is 10.4. The van der Waals surface area contributed by atoms with Gasteiger partial charge in [0.2, 0.25) is 0 Å². The molecule has 4 aliphatic rings. The minimum absolute atomic E-state index is 0.368. The molecule has 2 heteroatoms. The van der Waals surface area contributed by atoms with E-state index in [0.29, 0.717) is 22.9 Å². The number of aliphatic hydroxyl groups is 1. The molecule has 0 aromatic heterocycles. The Kier molecular flexibility index (Phi) is 5.31. The first-order valence-corrected chi connectivity index (χ1v) is 12.6. The molecule has 8 atom stereocenters. The van der Waals surface area contributed by atoms with Crippen LogP contribution in [-0.4, -0.2) is 23.9 Å². The summed E-state index contributed by atoms with van der Waals surface area (Å²) >= 11 is 0. The maximum atomic E-state index is 11.4. The van der Waals surface area contributed by atoms with Gasteiger partial charge in [-0.25, -0.2) is 0 Å². The van der Waals surface area contributed by atoms with E-state index in [1.165, 1.54) is 44.1 Å². The molecule has 0 bridgehead atoms. The van der Waals surface area contributed by atoms with Crippen LogP contribution in [0.25, 0.3) is 0 Å². The molecule has 2 nitrogen and oxygen atoms in total. The van der Waals surface area contributed by atoms with Crippen LogP contribution in [0.1, 0.15) is 82.8 Å². The van der Waals surface area contributed by atoms with Gasteiger partial charge >= 0.3 is 0 Å². The van der Waals surface area contributed by atoms with Crippen molar-refractivity contribution in [3.8, 4) is 11.8 Å². The highest BCUT2D eigenvalue weighted by molar-refractivity contribution is 5.38. The lowest BCUT2D eigenvalue weighted by Gasteiger charge is -2.61. The Morgan fingerprint density at radius 1 is 0.903 bits per heavy atom. The molecule has 0 heterocycles. The van der Waals surface area contributed by atoms with Crippen molar-refractivity contribution in [2.24, 2.45) is 34.5 Å². The molecule has 168 valence electrons. The number of ether oxygens (including phenoxy) is 1. The minimum Gasteiger partial charge on any atom is -0.381 e. The quantitative estimate of drug-likeness (QED) is 0.553. The van der Waals surface area contributed by atoms with Crippen LogP contribution in [0.3, 0.4) is 0 Å². The van der Waals surface area contributed by atoms with E-state index in [2.05, 4.69) is 56.9 Å². The molecule has 4 saturated carbocycles. The zero-order valence-electron chi connectivity index (χ0n) is 19.9. The van der Waals surface area contributed by atoms with Gasteiger partial charge in [-0.05, 0) is 111 Å². The van der Waals surface area contributed by atoms with Crippen LogP contribution in [0.4, 0.5) is 0 Å². The van der Waals surface area contributed by atoms with Gasteiger partial charge in [0.05, 0.1) is 6.10 Å². The zero-order valence-corrected chi connectivity index (χ0v) is 19.9. The van der Waals surface area contributed by atoms with Gasteiger partial charge in [0, 0.05) is 12.7 Å². The Labute approximate surface area is 189 Å². The van der Waals surface area contributed by atoms with Gasteiger partial charge in [0.15, 0.2) is 0 Å². The molecule has 0 aliphatic heterocycles. The number of fused-ring (bicyclic) bond motifs is 5. The molecule has 0 saturated heterocycles. The summed E-state index contributed by atoms with van der Waals surface area (Å²) < 4.78 is 5.94. The molecular weight excluding hydrogens is 380 g/mol. The molecule has 3 unspecified atom stereocenters. The van der Waals surface area contributed by atoms with E-state index < -0.39 is 5.60 Å². The van der Waals surface area contributed by atoms with Gasteiger partial charge in [-0.3, -0.25) is 0 Å². The average Bonchev–Trinajstić information content (AvgIpc) is 3.10. The maximum Gasteiger partial charge on any atom is 0.126 e. The number of benzene rings is 1. The standard InChI is InChI=1S/C29H40O2/c1-20-5-7-21(8-6-20)13-16-29(30)18-17-27(2)22(19-29)9-10-23-24-11-12-26(31-4)28(24,3)15-14-25(23)27/h5-8,22-26,30H,9-12,14-15,17-19H2,1-4H3/t22?,23-,24-,25+,26?,27-,28-,29?/m0/s1. The van der Waals surface area contributed by atoms with E-state index in [0.717, 1.165) is 42.6 Å². The molecule has 0 amide bonds. The van der Waals surface area contributed by atoms with Gasteiger partial charge in [0.25, 0.3) is 0 Å². The fourth-order valence-corrected chi connectivity index (χ4v) is 8.52. The zero-order chi connectivity index (χ0) is 21.9. The van der Waals surface area contributed by atoms with Crippen LogP contribution < -0.4 is 0 Å². The van der Waals surface area contributed by atoms with Crippen LogP contribution in [0.2, 0.25) is 0 Å². The second-order valence-corrected chi connectivity index (χ2v) is 11.9. The molecule has 1 N–H and O–H groups in total.